The molecule has 0 aliphatic carbocycles. The van der Waals surface area contributed by atoms with Crippen molar-refractivity contribution in [3.63, 3.8) is 0 Å². The number of amides is 1. The van der Waals surface area contributed by atoms with Crippen LogP contribution in [0.3, 0.4) is 0 Å². The zero-order valence-electron chi connectivity index (χ0n) is 13.3. The van der Waals surface area contributed by atoms with Crippen molar-refractivity contribution in [2.24, 2.45) is 5.73 Å². The Morgan fingerprint density at radius 1 is 1.45 bits per heavy atom. The highest BCUT2D eigenvalue weighted by molar-refractivity contribution is 5.81. The van der Waals surface area contributed by atoms with Crippen LogP contribution in [0.4, 0.5) is 0 Å². The fourth-order valence-electron chi connectivity index (χ4n) is 3.60. The van der Waals surface area contributed by atoms with E-state index >= 15 is 0 Å². The van der Waals surface area contributed by atoms with Crippen molar-refractivity contribution in [3.05, 3.63) is 18.2 Å². The van der Waals surface area contributed by atoms with Gasteiger partial charge in [0.05, 0.1) is 12.1 Å². The number of carbonyl (C=O) groups is 1. The summed E-state index contributed by atoms with van der Waals surface area (Å²) in [5.74, 6) is 1.23. The minimum atomic E-state index is -0.291. The van der Waals surface area contributed by atoms with E-state index in [1.165, 1.54) is 0 Å². The van der Waals surface area contributed by atoms with Gasteiger partial charge in [0.1, 0.15) is 11.9 Å². The van der Waals surface area contributed by atoms with Crippen LogP contribution in [-0.2, 0) is 16.0 Å². The van der Waals surface area contributed by atoms with E-state index in [1.807, 2.05) is 17.3 Å². The molecule has 0 radical (unpaired) electrons. The molecule has 122 valence electrons. The number of nitrogens with two attached hydrogens (primary N) is 1. The molecule has 22 heavy (non-hydrogen) atoms. The summed E-state index contributed by atoms with van der Waals surface area (Å²) in [5.41, 5.74) is 5.63. The SMILES string of the molecule is CCc1nccn1C1CCCN(C(=O)[C@@H]2CC[C@H](CN)O2)C1. The third kappa shape index (κ3) is 3.03. The number of likely N-dealkylation sites (tertiary alicyclic amines) is 1. The van der Waals surface area contributed by atoms with E-state index in [1.54, 1.807) is 0 Å². The van der Waals surface area contributed by atoms with Crippen molar-refractivity contribution in [1.29, 1.82) is 0 Å². The van der Waals surface area contributed by atoms with Gasteiger partial charge in [-0.1, -0.05) is 6.92 Å². The number of carbonyl (C=O) groups excluding carboxylic acids is 1. The normalized spacial score (nSPS) is 29.0. The molecule has 6 nitrogen and oxygen atoms in total. The van der Waals surface area contributed by atoms with Crippen LogP contribution in [-0.4, -0.2) is 52.2 Å². The maximum atomic E-state index is 12.7. The Morgan fingerprint density at radius 3 is 3.05 bits per heavy atom. The van der Waals surface area contributed by atoms with Crippen LogP contribution in [0.2, 0.25) is 0 Å². The van der Waals surface area contributed by atoms with Gasteiger partial charge in [-0.05, 0) is 25.7 Å². The van der Waals surface area contributed by atoms with Crippen molar-refractivity contribution >= 4 is 5.91 Å². The van der Waals surface area contributed by atoms with E-state index in [0.717, 1.165) is 51.0 Å². The van der Waals surface area contributed by atoms with E-state index in [-0.39, 0.29) is 18.1 Å². The topological polar surface area (TPSA) is 73.4 Å². The van der Waals surface area contributed by atoms with Gasteiger partial charge in [0.15, 0.2) is 0 Å². The molecule has 0 aromatic carbocycles. The molecule has 2 aliphatic heterocycles. The number of aromatic nitrogens is 2. The van der Waals surface area contributed by atoms with E-state index < -0.39 is 0 Å². The lowest BCUT2D eigenvalue weighted by Gasteiger charge is -2.35. The summed E-state index contributed by atoms with van der Waals surface area (Å²) in [6, 6.07) is 0.335. The molecule has 1 aromatic rings. The summed E-state index contributed by atoms with van der Waals surface area (Å²) in [6.07, 6.45) is 8.39. The van der Waals surface area contributed by atoms with E-state index in [2.05, 4.69) is 16.5 Å². The second-order valence-electron chi connectivity index (χ2n) is 6.24. The largest absolute Gasteiger partial charge is 0.364 e. The summed E-state index contributed by atoms with van der Waals surface area (Å²) >= 11 is 0. The predicted molar refractivity (Wildman–Crippen MR) is 83.4 cm³/mol. The first kappa shape index (κ1) is 15.5. The van der Waals surface area contributed by atoms with Gasteiger partial charge in [-0.2, -0.15) is 0 Å². The average molecular weight is 306 g/mol. The molecule has 0 saturated carbocycles. The van der Waals surface area contributed by atoms with Crippen molar-refractivity contribution in [2.45, 2.75) is 57.3 Å². The Morgan fingerprint density at radius 2 is 2.32 bits per heavy atom. The van der Waals surface area contributed by atoms with Gasteiger partial charge >= 0.3 is 0 Å². The molecule has 2 N–H and O–H groups in total. The number of piperidine rings is 1. The van der Waals surface area contributed by atoms with Gasteiger partial charge < -0.3 is 19.9 Å². The lowest BCUT2D eigenvalue weighted by molar-refractivity contribution is -0.144. The Hall–Kier alpha value is -1.40. The molecule has 2 aliphatic rings. The molecule has 6 heteroatoms. The number of imidazole rings is 1. The molecule has 2 fully saturated rings. The van der Waals surface area contributed by atoms with Crippen molar-refractivity contribution < 1.29 is 9.53 Å². The maximum Gasteiger partial charge on any atom is 0.251 e. The predicted octanol–water partition coefficient (Wildman–Crippen LogP) is 1.12. The molecule has 1 unspecified atom stereocenters. The van der Waals surface area contributed by atoms with Crippen LogP contribution in [0.5, 0.6) is 0 Å². The summed E-state index contributed by atoms with van der Waals surface area (Å²) in [7, 11) is 0. The minimum absolute atomic E-state index is 0.0508. The summed E-state index contributed by atoms with van der Waals surface area (Å²) in [4.78, 5) is 19.0. The minimum Gasteiger partial charge on any atom is -0.364 e. The monoisotopic (exact) mass is 306 g/mol. The van der Waals surface area contributed by atoms with E-state index in [0.29, 0.717) is 12.6 Å². The molecule has 1 aromatic heterocycles. The fraction of sp³-hybridized carbons (Fsp3) is 0.750. The van der Waals surface area contributed by atoms with Gasteiger partial charge in [0.25, 0.3) is 5.91 Å². The second-order valence-corrected chi connectivity index (χ2v) is 6.24. The number of aryl methyl sites for hydroxylation is 1. The Balaban J connectivity index is 1.64. The zero-order chi connectivity index (χ0) is 15.5. The van der Waals surface area contributed by atoms with E-state index in [9.17, 15) is 4.79 Å². The summed E-state index contributed by atoms with van der Waals surface area (Å²) < 4.78 is 7.99. The van der Waals surface area contributed by atoms with Crippen LogP contribution in [0, 0.1) is 0 Å². The van der Waals surface area contributed by atoms with Crippen LogP contribution in [0.1, 0.15) is 44.5 Å². The first-order valence-corrected chi connectivity index (χ1v) is 8.39. The van der Waals surface area contributed by atoms with Crippen LogP contribution in [0.25, 0.3) is 0 Å². The molecule has 1 amide bonds. The molecule has 3 atom stereocenters. The molecule has 3 heterocycles. The van der Waals surface area contributed by atoms with Gasteiger partial charge in [-0.25, -0.2) is 4.98 Å². The number of ether oxygens (including phenoxy) is 1. The Kier molecular flexibility index (Phi) is 4.78. The molecular weight excluding hydrogens is 280 g/mol. The number of nitrogens with zero attached hydrogens (tertiary/aromatic N) is 3. The highest BCUT2D eigenvalue weighted by Crippen LogP contribution is 2.26. The molecule has 0 spiro atoms. The zero-order valence-corrected chi connectivity index (χ0v) is 13.3. The number of rotatable bonds is 4. The first-order chi connectivity index (χ1) is 10.7. The van der Waals surface area contributed by atoms with Crippen molar-refractivity contribution in [3.8, 4) is 0 Å². The smallest absolute Gasteiger partial charge is 0.251 e. The highest BCUT2D eigenvalue weighted by Gasteiger charge is 2.35. The third-order valence-corrected chi connectivity index (χ3v) is 4.81. The molecule has 2 saturated heterocycles. The Labute approximate surface area is 131 Å². The van der Waals surface area contributed by atoms with Crippen LogP contribution in [0.15, 0.2) is 12.4 Å². The van der Waals surface area contributed by atoms with Gasteiger partial charge in [-0.15, -0.1) is 0 Å². The lowest BCUT2D eigenvalue weighted by atomic mass is 10.0. The second kappa shape index (κ2) is 6.79. The molecule has 0 bridgehead atoms. The lowest BCUT2D eigenvalue weighted by Crippen LogP contribution is -2.45. The van der Waals surface area contributed by atoms with Gasteiger partial charge in [-0.3, -0.25) is 4.79 Å². The van der Waals surface area contributed by atoms with Crippen LogP contribution < -0.4 is 5.73 Å². The highest BCUT2D eigenvalue weighted by atomic mass is 16.5. The van der Waals surface area contributed by atoms with Crippen molar-refractivity contribution in [2.75, 3.05) is 19.6 Å². The van der Waals surface area contributed by atoms with Crippen LogP contribution >= 0.6 is 0 Å². The third-order valence-electron chi connectivity index (χ3n) is 4.81. The maximum absolute atomic E-state index is 12.7. The summed E-state index contributed by atoms with van der Waals surface area (Å²) in [5, 5.41) is 0. The fourth-order valence-corrected chi connectivity index (χ4v) is 3.60. The average Bonchev–Trinajstić information content (AvgIpc) is 3.23. The summed E-state index contributed by atoms with van der Waals surface area (Å²) in [6.45, 7) is 4.21. The van der Waals surface area contributed by atoms with Gasteiger partial charge in [0.2, 0.25) is 0 Å². The Bertz CT molecular complexity index is 516. The first-order valence-electron chi connectivity index (χ1n) is 8.39. The molecular formula is C16H26N4O2. The number of hydrogen-bond donors (Lipinski definition) is 1. The molecule has 3 rings (SSSR count). The van der Waals surface area contributed by atoms with Gasteiger partial charge in [0, 0.05) is 38.4 Å². The quantitative estimate of drug-likeness (QED) is 0.904. The standard InChI is InChI=1S/C16H26N4O2/c1-2-15-18-7-9-20(15)12-4-3-8-19(11-12)16(21)14-6-5-13(10-17)22-14/h7,9,12-14H,2-6,8,10-11,17H2,1H3/t12?,13-,14+/m1/s1. The van der Waals surface area contributed by atoms with E-state index in [4.69, 9.17) is 10.5 Å². The number of hydrogen-bond acceptors (Lipinski definition) is 4. The van der Waals surface area contributed by atoms with Crippen molar-refractivity contribution in [1.82, 2.24) is 14.5 Å².